The number of pyridine rings is 1. The van der Waals surface area contributed by atoms with Crippen molar-refractivity contribution < 1.29 is 4.79 Å². The zero-order valence-corrected chi connectivity index (χ0v) is 7.32. The largest absolute Gasteiger partial charge is 0.304 e. The van der Waals surface area contributed by atoms with E-state index in [2.05, 4.69) is 4.98 Å². The van der Waals surface area contributed by atoms with Crippen molar-refractivity contribution in [1.82, 2.24) is 9.88 Å². The molecule has 0 aliphatic rings. The number of hydrogen-bond donors (Lipinski definition) is 0. The smallest absolute Gasteiger partial charge is 0.150 e. The minimum absolute atomic E-state index is 0.682. The van der Waals surface area contributed by atoms with Crippen LogP contribution in [0.1, 0.15) is 16.1 Å². The van der Waals surface area contributed by atoms with Gasteiger partial charge in [-0.3, -0.25) is 9.78 Å². The Morgan fingerprint density at radius 3 is 2.92 bits per heavy atom. The average Bonchev–Trinajstić information content (AvgIpc) is 2.03. The summed E-state index contributed by atoms with van der Waals surface area (Å²) in [5, 5.41) is 0. The zero-order valence-electron chi connectivity index (χ0n) is 7.32. The maximum absolute atomic E-state index is 10.4. The lowest BCUT2D eigenvalue weighted by atomic mass is 10.2. The van der Waals surface area contributed by atoms with Crippen molar-refractivity contribution in [2.45, 2.75) is 6.54 Å². The molecule has 0 saturated carbocycles. The first kappa shape index (κ1) is 8.87. The topological polar surface area (TPSA) is 33.2 Å². The molecule has 0 aliphatic heterocycles. The van der Waals surface area contributed by atoms with Gasteiger partial charge in [0.05, 0.1) is 5.69 Å². The summed E-state index contributed by atoms with van der Waals surface area (Å²) in [6.07, 6.45) is 2.49. The number of rotatable bonds is 3. The Morgan fingerprint density at radius 2 is 2.33 bits per heavy atom. The van der Waals surface area contributed by atoms with Crippen molar-refractivity contribution in [3.8, 4) is 0 Å². The van der Waals surface area contributed by atoms with Crippen LogP contribution in [0.5, 0.6) is 0 Å². The molecule has 1 aromatic heterocycles. The number of aldehydes is 1. The highest BCUT2D eigenvalue weighted by molar-refractivity contribution is 5.74. The summed E-state index contributed by atoms with van der Waals surface area (Å²) in [6.45, 7) is 0.766. The summed E-state index contributed by atoms with van der Waals surface area (Å²) >= 11 is 0. The van der Waals surface area contributed by atoms with Crippen molar-refractivity contribution in [1.29, 1.82) is 0 Å². The van der Waals surface area contributed by atoms with Gasteiger partial charge in [0.15, 0.2) is 0 Å². The van der Waals surface area contributed by atoms with E-state index in [0.717, 1.165) is 18.5 Å². The molecule has 0 unspecified atom stereocenters. The van der Waals surface area contributed by atoms with Crippen molar-refractivity contribution in [2.24, 2.45) is 0 Å². The molecular formula is C9H12N2O. The second-order valence-corrected chi connectivity index (χ2v) is 2.94. The van der Waals surface area contributed by atoms with Crippen LogP contribution in [0.2, 0.25) is 0 Å². The van der Waals surface area contributed by atoms with E-state index in [-0.39, 0.29) is 0 Å². The molecule has 0 saturated heterocycles. The minimum atomic E-state index is 0.682. The Balaban J connectivity index is 2.79. The monoisotopic (exact) mass is 164 g/mol. The van der Waals surface area contributed by atoms with Crippen LogP contribution < -0.4 is 0 Å². The van der Waals surface area contributed by atoms with Gasteiger partial charge in [0.1, 0.15) is 6.29 Å². The Morgan fingerprint density at radius 1 is 1.58 bits per heavy atom. The minimum Gasteiger partial charge on any atom is -0.304 e. The first-order chi connectivity index (χ1) is 5.72. The molecule has 0 aliphatic carbocycles. The fourth-order valence-corrected chi connectivity index (χ4v) is 0.981. The molecule has 0 N–H and O–H groups in total. The molecule has 64 valence electrons. The third-order valence-electron chi connectivity index (χ3n) is 1.45. The lowest BCUT2D eigenvalue weighted by Gasteiger charge is -2.08. The lowest BCUT2D eigenvalue weighted by molar-refractivity contribution is 0.112. The second-order valence-electron chi connectivity index (χ2n) is 2.94. The quantitative estimate of drug-likeness (QED) is 0.624. The van der Waals surface area contributed by atoms with E-state index in [9.17, 15) is 4.79 Å². The summed E-state index contributed by atoms with van der Waals surface area (Å²) < 4.78 is 0. The number of carbonyl (C=O) groups is 1. The fraction of sp³-hybridized carbons (Fsp3) is 0.333. The standard InChI is InChI=1S/C9H12N2O/c1-11(2)6-9-5-8(7-12)3-4-10-9/h3-5,7H,6H2,1-2H3. The van der Waals surface area contributed by atoms with Gasteiger partial charge < -0.3 is 4.90 Å². The van der Waals surface area contributed by atoms with Crippen LogP contribution in [0.15, 0.2) is 18.3 Å². The van der Waals surface area contributed by atoms with Gasteiger partial charge >= 0.3 is 0 Å². The molecule has 0 radical (unpaired) electrons. The Hall–Kier alpha value is -1.22. The number of hydrogen-bond acceptors (Lipinski definition) is 3. The molecule has 3 heteroatoms. The average molecular weight is 164 g/mol. The van der Waals surface area contributed by atoms with Gasteiger partial charge in [-0.25, -0.2) is 0 Å². The molecule has 0 atom stereocenters. The van der Waals surface area contributed by atoms with Crippen molar-refractivity contribution in [3.05, 3.63) is 29.6 Å². The van der Waals surface area contributed by atoms with E-state index in [1.165, 1.54) is 0 Å². The van der Waals surface area contributed by atoms with Gasteiger partial charge in [-0.1, -0.05) is 0 Å². The summed E-state index contributed by atoms with van der Waals surface area (Å²) in [5.41, 5.74) is 1.60. The van der Waals surface area contributed by atoms with Gasteiger partial charge in [0.2, 0.25) is 0 Å². The number of carbonyl (C=O) groups excluding carboxylic acids is 1. The molecule has 3 nitrogen and oxygen atoms in total. The number of nitrogens with zero attached hydrogens (tertiary/aromatic N) is 2. The van der Waals surface area contributed by atoms with Crippen LogP contribution in [-0.2, 0) is 6.54 Å². The van der Waals surface area contributed by atoms with Crippen LogP contribution in [0.25, 0.3) is 0 Å². The van der Waals surface area contributed by atoms with E-state index in [1.807, 2.05) is 19.0 Å². The predicted molar refractivity (Wildman–Crippen MR) is 47.0 cm³/mol. The third kappa shape index (κ3) is 2.43. The van der Waals surface area contributed by atoms with E-state index < -0.39 is 0 Å². The van der Waals surface area contributed by atoms with Crippen LogP contribution in [0.3, 0.4) is 0 Å². The van der Waals surface area contributed by atoms with Gasteiger partial charge in [-0.15, -0.1) is 0 Å². The van der Waals surface area contributed by atoms with Crippen LogP contribution >= 0.6 is 0 Å². The van der Waals surface area contributed by atoms with E-state index in [4.69, 9.17) is 0 Å². The maximum Gasteiger partial charge on any atom is 0.150 e. The molecule has 12 heavy (non-hydrogen) atoms. The molecule has 1 rings (SSSR count). The summed E-state index contributed by atoms with van der Waals surface area (Å²) in [4.78, 5) is 16.5. The highest BCUT2D eigenvalue weighted by atomic mass is 16.1. The SMILES string of the molecule is CN(C)Cc1cc(C=O)ccn1. The summed E-state index contributed by atoms with van der Waals surface area (Å²) in [7, 11) is 3.94. The molecule has 1 aromatic rings. The first-order valence-corrected chi connectivity index (χ1v) is 3.77. The molecule has 1 heterocycles. The second kappa shape index (κ2) is 3.97. The molecule has 0 bridgehead atoms. The highest BCUT2D eigenvalue weighted by Crippen LogP contribution is 2.00. The van der Waals surface area contributed by atoms with Crippen molar-refractivity contribution in [3.63, 3.8) is 0 Å². The maximum atomic E-state index is 10.4. The highest BCUT2D eigenvalue weighted by Gasteiger charge is 1.97. The van der Waals surface area contributed by atoms with Gasteiger partial charge in [-0.2, -0.15) is 0 Å². The lowest BCUT2D eigenvalue weighted by Crippen LogP contribution is -2.11. The molecule has 0 spiro atoms. The van der Waals surface area contributed by atoms with Crippen LogP contribution in [0, 0.1) is 0 Å². The van der Waals surface area contributed by atoms with Crippen molar-refractivity contribution >= 4 is 6.29 Å². The summed E-state index contributed by atoms with van der Waals surface area (Å²) in [5.74, 6) is 0. The van der Waals surface area contributed by atoms with E-state index in [1.54, 1.807) is 18.3 Å². The van der Waals surface area contributed by atoms with Crippen LogP contribution in [-0.4, -0.2) is 30.3 Å². The summed E-state index contributed by atoms with van der Waals surface area (Å²) in [6, 6.07) is 3.50. The third-order valence-corrected chi connectivity index (χ3v) is 1.45. The Bertz CT molecular complexity index is 271. The van der Waals surface area contributed by atoms with Gasteiger partial charge in [0, 0.05) is 18.3 Å². The first-order valence-electron chi connectivity index (χ1n) is 3.77. The van der Waals surface area contributed by atoms with Gasteiger partial charge in [0.25, 0.3) is 0 Å². The van der Waals surface area contributed by atoms with Crippen LogP contribution in [0.4, 0.5) is 0 Å². The number of aromatic nitrogens is 1. The predicted octanol–water partition coefficient (Wildman–Crippen LogP) is 0.956. The molecule has 0 fully saturated rings. The normalized spacial score (nSPS) is 10.2. The Kier molecular flexibility index (Phi) is 2.94. The van der Waals surface area contributed by atoms with E-state index >= 15 is 0 Å². The molecule has 0 aromatic carbocycles. The van der Waals surface area contributed by atoms with E-state index in [0.29, 0.717) is 5.56 Å². The fourth-order valence-electron chi connectivity index (χ4n) is 0.981. The molecule has 0 amide bonds. The van der Waals surface area contributed by atoms with Crippen molar-refractivity contribution in [2.75, 3.05) is 14.1 Å². The zero-order chi connectivity index (χ0) is 8.97. The Labute approximate surface area is 72.0 Å². The van der Waals surface area contributed by atoms with Gasteiger partial charge in [-0.05, 0) is 26.2 Å². The molecular weight excluding hydrogens is 152 g/mol.